The molecule has 0 atom stereocenters. The first-order valence-electron chi connectivity index (χ1n) is 7.66. The van der Waals surface area contributed by atoms with Crippen LogP contribution < -0.4 is 5.32 Å². The number of hydrogen-bond acceptors (Lipinski definition) is 2. The standard InChI is InChI=1S/C19H20N2O2/c1-13-4-3-5-14(10-13)19(23)20-9-8-15-12-21(2)18-7-6-16(22)11-17(15)18/h3-7,10-12,22H,8-9H2,1-2H3,(H,20,23). The van der Waals surface area contributed by atoms with Gasteiger partial charge in [-0.2, -0.15) is 0 Å². The Morgan fingerprint density at radius 2 is 2.04 bits per heavy atom. The highest BCUT2D eigenvalue weighted by molar-refractivity contribution is 5.94. The molecule has 0 aliphatic rings. The maximum atomic E-state index is 12.2. The van der Waals surface area contributed by atoms with Gasteiger partial charge in [-0.05, 0) is 49.2 Å². The number of aromatic hydroxyl groups is 1. The highest BCUT2D eigenvalue weighted by atomic mass is 16.3. The molecule has 0 unspecified atom stereocenters. The van der Waals surface area contributed by atoms with Gasteiger partial charge in [0.05, 0.1) is 0 Å². The fourth-order valence-corrected chi connectivity index (χ4v) is 2.86. The second-order valence-electron chi connectivity index (χ2n) is 5.84. The molecule has 0 bridgehead atoms. The quantitative estimate of drug-likeness (QED) is 0.778. The smallest absolute Gasteiger partial charge is 0.251 e. The first-order valence-corrected chi connectivity index (χ1v) is 7.66. The van der Waals surface area contributed by atoms with Gasteiger partial charge in [0.25, 0.3) is 5.91 Å². The summed E-state index contributed by atoms with van der Waals surface area (Å²) in [6.45, 7) is 2.53. The van der Waals surface area contributed by atoms with Crippen molar-refractivity contribution in [2.75, 3.05) is 6.54 Å². The maximum absolute atomic E-state index is 12.2. The monoisotopic (exact) mass is 308 g/mol. The predicted molar refractivity (Wildman–Crippen MR) is 91.8 cm³/mol. The molecule has 2 aromatic carbocycles. The Hall–Kier alpha value is -2.75. The molecule has 0 aliphatic heterocycles. The normalized spacial score (nSPS) is 10.9. The molecule has 0 radical (unpaired) electrons. The summed E-state index contributed by atoms with van der Waals surface area (Å²) in [6, 6.07) is 12.9. The van der Waals surface area contributed by atoms with Crippen molar-refractivity contribution in [3.05, 3.63) is 65.4 Å². The van der Waals surface area contributed by atoms with E-state index in [1.807, 2.05) is 55.1 Å². The molecule has 118 valence electrons. The number of phenolic OH excluding ortho intramolecular Hbond substituents is 1. The molecule has 1 heterocycles. The van der Waals surface area contributed by atoms with E-state index < -0.39 is 0 Å². The lowest BCUT2D eigenvalue weighted by Crippen LogP contribution is -2.25. The highest BCUT2D eigenvalue weighted by Crippen LogP contribution is 2.25. The van der Waals surface area contributed by atoms with Crippen molar-refractivity contribution in [2.45, 2.75) is 13.3 Å². The first-order chi connectivity index (χ1) is 11.0. The van der Waals surface area contributed by atoms with Crippen molar-refractivity contribution in [3.8, 4) is 5.75 Å². The lowest BCUT2D eigenvalue weighted by atomic mass is 10.1. The summed E-state index contributed by atoms with van der Waals surface area (Å²) in [4.78, 5) is 12.2. The van der Waals surface area contributed by atoms with E-state index in [9.17, 15) is 9.90 Å². The summed E-state index contributed by atoms with van der Waals surface area (Å²) in [6.07, 6.45) is 2.77. The van der Waals surface area contributed by atoms with Crippen molar-refractivity contribution in [1.82, 2.24) is 9.88 Å². The predicted octanol–water partition coefficient (Wildman–Crippen LogP) is 3.16. The number of phenols is 1. The molecule has 4 nitrogen and oxygen atoms in total. The molecular formula is C19H20N2O2. The van der Waals surface area contributed by atoms with Crippen LogP contribution in [0.25, 0.3) is 10.9 Å². The van der Waals surface area contributed by atoms with Crippen molar-refractivity contribution in [1.29, 1.82) is 0 Å². The number of rotatable bonds is 4. The van der Waals surface area contributed by atoms with Gasteiger partial charge in [-0.25, -0.2) is 0 Å². The van der Waals surface area contributed by atoms with Crippen LogP contribution in [0.4, 0.5) is 0 Å². The Labute approximate surface area is 135 Å². The number of amides is 1. The molecule has 3 aromatic rings. The number of fused-ring (bicyclic) bond motifs is 1. The van der Waals surface area contributed by atoms with Gasteiger partial charge in [0.1, 0.15) is 5.75 Å². The Morgan fingerprint density at radius 3 is 2.83 bits per heavy atom. The fourth-order valence-electron chi connectivity index (χ4n) is 2.86. The van der Waals surface area contributed by atoms with E-state index in [2.05, 4.69) is 5.32 Å². The molecule has 0 saturated heterocycles. The Bertz CT molecular complexity index is 865. The molecule has 0 aliphatic carbocycles. The third-order valence-corrected chi connectivity index (χ3v) is 4.02. The van der Waals surface area contributed by atoms with Gasteiger partial charge in [0.2, 0.25) is 0 Å². The van der Waals surface area contributed by atoms with Crippen molar-refractivity contribution >= 4 is 16.8 Å². The average molecular weight is 308 g/mol. The van der Waals surface area contributed by atoms with E-state index in [1.165, 1.54) is 0 Å². The van der Waals surface area contributed by atoms with Crippen LogP contribution in [0, 0.1) is 6.92 Å². The third kappa shape index (κ3) is 3.21. The maximum Gasteiger partial charge on any atom is 0.251 e. The largest absolute Gasteiger partial charge is 0.508 e. The van der Waals surface area contributed by atoms with E-state index in [-0.39, 0.29) is 11.7 Å². The minimum absolute atomic E-state index is 0.0585. The topological polar surface area (TPSA) is 54.3 Å². The summed E-state index contributed by atoms with van der Waals surface area (Å²) in [7, 11) is 1.98. The van der Waals surface area contributed by atoms with Crippen LogP contribution in [-0.4, -0.2) is 22.1 Å². The first kappa shape index (κ1) is 15.2. The second kappa shape index (κ2) is 6.16. The van der Waals surface area contributed by atoms with Gasteiger partial charge in [0, 0.05) is 36.3 Å². The van der Waals surface area contributed by atoms with Gasteiger partial charge >= 0.3 is 0 Å². The second-order valence-corrected chi connectivity index (χ2v) is 5.84. The van der Waals surface area contributed by atoms with Crippen LogP contribution in [0.15, 0.2) is 48.7 Å². The fraction of sp³-hybridized carbons (Fsp3) is 0.211. The highest BCUT2D eigenvalue weighted by Gasteiger charge is 2.09. The summed E-state index contributed by atoms with van der Waals surface area (Å²) in [5.74, 6) is 0.200. The van der Waals surface area contributed by atoms with Gasteiger partial charge in [-0.15, -0.1) is 0 Å². The molecule has 1 aromatic heterocycles. The minimum Gasteiger partial charge on any atom is -0.508 e. The van der Waals surface area contributed by atoms with Gasteiger partial charge in [0.15, 0.2) is 0 Å². The zero-order valence-electron chi connectivity index (χ0n) is 13.3. The molecule has 0 saturated carbocycles. The van der Waals surface area contributed by atoms with E-state index in [1.54, 1.807) is 12.1 Å². The van der Waals surface area contributed by atoms with Crippen LogP contribution in [0.1, 0.15) is 21.5 Å². The van der Waals surface area contributed by atoms with Gasteiger partial charge in [-0.1, -0.05) is 17.7 Å². The number of carbonyl (C=O) groups is 1. The van der Waals surface area contributed by atoms with Gasteiger partial charge in [-0.3, -0.25) is 4.79 Å². The zero-order chi connectivity index (χ0) is 16.4. The van der Waals surface area contributed by atoms with Gasteiger partial charge < -0.3 is 15.0 Å². The Morgan fingerprint density at radius 1 is 1.22 bits per heavy atom. The summed E-state index contributed by atoms with van der Waals surface area (Å²) in [5.41, 5.74) is 3.94. The van der Waals surface area contributed by atoms with Crippen molar-refractivity contribution in [2.24, 2.45) is 7.05 Å². The number of aromatic nitrogens is 1. The third-order valence-electron chi connectivity index (χ3n) is 4.02. The Balaban J connectivity index is 1.69. The lowest BCUT2D eigenvalue weighted by Gasteiger charge is -2.05. The molecule has 4 heteroatoms. The zero-order valence-corrected chi connectivity index (χ0v) is 13.3. The molecule has 1 amide bonds. The van der Waals surface area contributed by atoms with E-state index in [4.69, 9.17) is 0 Å². The lowest BCUT2D eigenvalue weighted by molar-refractivity contribution is 0.0954. The summed E-state index contributed by atoms with van der Waals surface area (Å²) >= 11 is 0. The van der Waals surface area contributed by atoms with E-state index in [0.29, 0.717) is 12.1 Å². The van der Waals surface area contributed by atoms with E-state index in [0.717, 1.165) is 28.5 Å². The van der Waals surface area contributed by atoms with Crippen molar-refractivity contribution < 1.29 is 9.90 Å². The van der Waals surface area contributed by atoms with Crippen LogP contribution in [0.2, 0.25) is 0 Å². The number of nitrogens with zero attached hydrogens (tertiary/aromatic N) is 1. The average Bonchev–Trinajstić information content (AvgIpc) is 2.83. The Kier molecular flexibility index (Phi) is 4.06. The minimum atomic E-state index is -0.0585. The number of aryl methyl sites for hydroxylation is 2. The molecular weight excluding hydrogens is 288 g/mol. The number of nitrogens with one attached hydrogen (secondary N) is 1. The molecule has 0 fully saturated rings. The number of benzene rings is 2. The summed E-state index contributed by atoms with van der Waals surface area (Å²) < 4.78 is 2.03. The summed E-state index contributed by atoms with van der Waals surface area (Å²) in [5, 5.41) is 13.7. The molecule has 23 heavy (non-hydrogen) atoms. The molecule has 2 N–H and O–H groups in total. The molecule has 3 rings (SSSR count). The van der Waals surface area contributed by atoms with Crippen LogP contribution in [0.3, 0.4) is 0 Å². The van der Waals surface area contributed by atoms with Crippen LogP contribution in [0.5, 0.6) is 5.75 Å². The van der Waals surface area contributed by atoms with Crippen LogP contribution in [-0.2, 0) is 13.5 Å². The molecule has 0 spiro atoms. The van der Waals surface area contributed by atoms with E-state index >= 15 is 0 Å². The van der Waals surface area contributed by atoms with Crippen LogP contribution >= 0.6 is 0 Å². The number of carbonyl (C=O) groups excluding carboxylic acids is 1. The SMILES string of the molecule is Cc1cccc(C(=O)NCCc2cn(C)c3ccc(O)cc23)c1. The van der Waals surface area contributed by atoms with Crippen molar-refractivity contribution in [3.63, 3.8) is 0 Å². The number of hydrogen-bond donors (Lipinski definition) is 2.